The highest BCUT2D eigenvalue weighted by Crippen LogP contribution is 2.43. The highest BCUT2D eigenvalue weighted by atomic mass is 19.2. The van der Waals surface area contributed by atoms with Gasteiger partial charge in [0.05, 0.1) is 11.1 Å². The molecule has 1 saturated carbocycles. The van der Waals surface area contributed by atoms with E-state index in [4.69, 9.17) is 0 Å². The number of para-hydroxylation sites is 1. The zero-order valence-electron chi connectivity index (χ0n) is 13.0. The molecule has 1 fully saturated rings. The first-order valence-electron chi connectivity index (χ1n) is 7.77. The average molecular weight is 327 g/mol. The molecule has 0 aliphatic heterocycles. The van der Waals surface area contributed by atoms with E-state index in [-0.39, 0.29) is 5.56 Å². The molecule has 3 aromatic rings. The molecule has 0 saturated heterocycles. The van der Waals surface area contributed by atoms with Gasteiger partial charge in [0.2, 0.25) is 0 Å². The van der Waals surface area contributed by atoms with E-state index in [1.54, 1.807) is 4.68 Å². The Kier molecular flexibility index (Phi) is 3.33. The Morgan fingerprint density at radius 1 is 1.21 bits per heavy atom. The molecule has 0 radical (unpaired) electrons. The average Bonchev–Trinajstić information content (AvgIpc) is 3.36. The summed E-state index contributed by atoms with van der Waals surface area (Å²) in [5.41, 5.74) is 1.84. The minimum Gasteiger partial charge on any atom is -0.304 e. The van der Waals surface area contributed by atoms with Crippen molar-refractivity contribution in [2.75, 3.05) is 5.32 Å². The first-order chi connectivity index (χ1) is 11.6. The number of halogens is 2. The molecule has 6 heteroatoms. The van der Waals surface area contributed by atoms with Crippen LogP contribution in [-0.2, 0) is 7.05 Å². The number of anilines is 1. The van der Waals surface area contributed by atoms with Crippen molar-refractivity contribution in [3.63, 3.8) is 0 Å². The molecule has 0 unspecified atom stereocenters. The number of hydrogen-bond acceptors (Lipinski definition) is 2. The Morgan fingerprint density at radius 2 is 1.96 bits per heavy atom. The molecule has 1 aliphatic rings. The highest BCUT2D eigenvalue weighted by molar-refractivity contribution is 6.08. The van der Waals surface area contributed by atoms with Crippen molar-refractivity contribution in [1.29, 1.82) is 0 Å². The SMILES string of the molecule is Cn1nc(NC(=O)c2cccc(F)c2F)c2cccc(C3CC3)c21. The number of carbonyl (C=O) groups is 1. The van der Waals surface area contributed by atoms with Crippen molar-refractivity contribution < 1.29 is 13.6 Å². The van der Waals surface area contributed by atoms with Crippen molar-refractivity contribution in [2.45, 2.75) is 18.8 Å². The van der Waals surface area contributed by atoms with Gasteiger partial charge >= 0.3 is 0 Å². The maximum Gasteiger partial charge on any atom is 0.259 e. The third-order valence-electron chi connectivity index (χ3n) is 4.34. The van der Waals surface area contributed by atoms with Gasteiger partial charge in [-0.2, -0.15) is 5.10 Å². The minimum absolute atomic E-state index is 0.341. The maximum absolute atomic E-state index is 13.8. The lowest BCUT2D eigenvalue weighted by Crippen LogP contribution is -2.15. The molecule has 4 rings (SSSR count). The number of carbonyl (C=O) groups excluding carboxylic acids is 1. The van der Waals surface area contributed by atoms with Crippen LogP contribution >= 0.6 is 0 Å². The Balaban J connectivity index is 1.74. The van der Waals surface area contributed by atoms with Gasteiger partial charge in [-0.25, -0.2) is 8.78 Å². The smallest absolute Gasteiger partial charge is 0.259 e. The molecule has 1 heterocycles. The molecule has 2 aromatic carbocycles. The van der Waals surface area contributed by atoms with Crippen molar-refractivity contribution in [3.8, 4) is 0 Å². The summed E-state index contributed by atoms with van der Waals surface area (Å²) in [6.45, 7) is 0. The first kappa shape index (κ1) is 14.8. The quantitative estimate of drug-likeness (QED) is 0.791. The third kappa shape index (κ3) is 2.35. The molecule has 1 aliphatic carbocycles. The summed E-state index contributed by atoms with van der Waals surface area (Å²) >= 11 is 0. The molecule has 4 nitrogen and oxygen atoms in total. The normalized spacial score (nSPS) is 14.1. The van der Waals surface area contributed by atoms with Gasteiger partial charge in [-0.1, -0.05) is 18.2 Å². The Bertz CT molecular complexity index is 960. The van der Waals surface area contributed by atoms with Gasteiger partial charge in [-0.15, -0.1) is 0 Å². The number of amides is 1. The van der Waals surface area contributed by atoms with Gasteiger partial charge in [0, 0.05) is 12.4 Å². The van der Waals surface area contributed by atoms with Crippen LogP contribution in [0.25, 0.3) is 10.9 Å². The van der Waals surface area contributed by atoms with Crippen LogP contribution in [0.5, 0.6) is 0 Å². The molecule has 122 valence electrons. The molecule has 1 aromatic heterocycles. The summed E-state index contributed by atoms with van der Waals surface area (Å²) in [6, 6.07) is 9.38. The largest absolute Gasteiger partial charge is 0.304 e. The number of aryl methyl sites for hydroxylation is 1. The van der Waals surface area contributed by atoms with Crippen LogP contribution in [0.4, 0.5) is 14.6 Å². The number of hydrogen-bond donors (Lipinski definition) is 1. The zero-order valence-corrected chi connectivity index (χ0v) is 13.0. The van der Waals surface area contributed by atoms with E-state index in [2.05, 4.69) is 16.5 Å². The van der Waals surface area contributed by atoms with Crippen molar-refractivity contribution >= 4 is 22.6 Å². The molecular weight excluding hydrogens is 312 g/mol. The van der Waals surface area contributed by atoms with Gasteiger partial charge in [0.1, 0.15) is 0 Å². The van der Waals surface area contributed by atoms with E-state index in [9.17, 15) is 13.6 Å². The highest BCUT2D eigenvalue weighted by Gasteiger charge is 2.27. The first-order valence-corrected chi connectivity index (χ1v) is 7.77. The van der Waals surface area contributed by atoms with E-state index in [1.807, 2.05) is 19.2 Å². The van der Waals surface area contributed by atoms with Crippen LogP contribution in [0.15, 0.2) is 36.4 Å². The van der Waals surface area contributed by atoms with Crippen LogP contribution in [0.1, 0.15) is 34.7 Å². The number of nitrogens with zero attached hydrogens (tertiary/aromatic N) is 2. The van der Waals surface area contributed by atoms with Crippen molar-refractivity contribution in [1.82, 2.24) is 9.78 Å². The zero-order chi connectivity index (χ0) is 16.8. The summed E-state index contributed by atoms with van der Waals surface area (Å²) in [7, 11) is 1.81. The molecular formula is C18H15F2N3O. The third-order valence-corrected chi connectivity index (χ3v) is 4.34. The maximum atomic E-state index is 13.8. The Morgan fingerprint density at radius 3 is 2.71 bits per heavy atom. The summed E-state index contributed by atoms with van der Waals surface area (Å²) in [5, 5.41) is 7.74. The fourth-order valence-corrected chi connectivity index (χ4v) is 3.04. The lowest BCUT2D eigenvalue weighted by atomic mass is 10.1. The van der Waals surface area contributed by atoms with E-state index >= 15 is 0 Å². The van der Waals surface area contributed by atoms with E-state index in [1.165, 1.54) is 17.7 Å². The number of nitrogens with one attached hydrogen (secondary N) is 1. The van der Waals surface area contributed by atoms with Crippen molar-refractivity contribution in [3.05, 3.63) is 59.2 Å². The monoisotopic (exact) mass is 327 g/mol. The molecule has 0 bridgehead atoms. The standard InChI is InChI=1S/C18H15F2N3O/c1-23-16-11(10-8-9-10)4-2-6-13(16)17(22-23)21-18(24)12-5-3-7-14(19)15(12)20/h2-7,10H,8-9H2,1H3,(H,21,22,24). The van der Waals surface area contributed by atoms with Crippen LogP contribution in [0.3, 0.4) is 0 Å². The summed E-state index contributed by atoms with van der Waals surface area (Å²) in [4.78, 5) is 12.3. The van der Waals surface area contributed by atoms with Crippen LogP contribution < -0.4 is 5.32 Å². The number of rotatable bonds is 3. The Hall–Kier alpha value is -2.76. The molecule has 0 spiro atoms. The fraction of sp³-hybridized carbons (Fsp3) is 0.222. The van der Waals surface area contributed by atoms with Gasteiger partial charge in [-0.05, 0) is 42.5 Å². The molecule has 1 amide bonds. The predicted molar refractivity (Wildman–Crippen MR) is 87.0 cm³/mol. The molecule has 0 atom stereocenters. The lowest BCUT2D eigenvalue weighted by molar-refractivity contribution is 0.102. The Labute approximate surface area is 137 Å². The summed E-state index contributed by atoms with van der Waals surface area (Å²) < 4.78 is 28.8. The topological polar surface area (TPSA) is 46.9 Å². The number of benzene rings is 2. The second-order valence-electron chi connectivity index (χ2n) is 6.05. The second-order valence-corrected chi connectivity index (χ2v) is 6.05. The minimum atomic E-state index is -1.16. The van der Waals surface area contributed by atoms with E-state index < -0.39 is 17.5 Å². The van der Waals surface area contributed by atoms with Gasteiger partial charge in [0.15, 0.2) is 17.5 Å². The van der Waals surface area contributed by atoms with Crippen LogP contribution in [0.2, 0.25) is 0 Å². The van der Waals surface area contributed by atoms with Crippen LogP contribution in [-0.4, -0.2) is 15.7 Å². The predicted octanol–water partition coefficient (Wildman–Crippen LogP) is 3.98. The van der Waals surface area contributed by atoms with Gasteiger partial charge in [0.25, 0.3) is 5.91 Å². The summed E-state index contributed by atoms with van der Waals surface area (Å²) in [5.74, 6) is -2.04. The fourth-order valence-electron chi connectivity index (χ4n) is 3.04. The number of aromatic nitrogens is 2. The molecule has 24 heavy (non-hydrogen) atoms. The van der Waals surface area contributed by atoms with Gasteiger partial charge in [-0.3, -0.25) is 9.48 Å². The summed E-state index contributed by atoms with van der Waals surface area (Å²) in [6.07, 6.45) is 2.31. The molecule has 1 N–H and O–H groups in total. The van der Waals surface area contributed by atoms with E-state index in [0.29, 0.717) is 11.7 Å². The number of fused-ring (bicyclic) bond motifs is 1. The van der Waals surface area contributed by atoms with Gasteiger partial charge < -0.3 is 5.32 Å². The lowest BCUT2D eigenvalue weighted by Gasteiger charge is -2.05. The van der Waals surface area contributed by atoms with Crippen LogP contribution in [0, 0.1) is 11.6 Å². The second kappa shape index (κ2) is 5.40. The van der Waals surface area contributed by atoms with E-state index in [0.717, 1.165) is 29.8 Å². The van der Waals surface area contributed by atoms with Crippen molar-refractivity contribution in [2.24, 2.45) is 7.05 Å².